The average Bonchev–Trinajstić information content (AvgIpc) is 2.49. The first-order chi connectivity index (χ1) is 9.93. The number of nitrogens with one attached hydrogen (secondary N) is 1. The number of hydrogen-bond acceptors (Lipinski definition) is 2. The summed E-state index contributed by atoms with van der Waals surface area (Å²) in [6.45, 7) is 5.51. The topological polar surface area (TPSA) is 21.3 Å². The van der Waals surface area contributed by atoms with Crippen molar-refractivity contribution in [3.05, 3.63) is 0 Å². The summed E-state index contributed by atoms with van der Waals surface area (Å²) in [5.74, 6) is 0. The van der Waals surface area contributed by atoms with Crippen LogP contribution >= 0.6 is 0 Å². The van der Waals surface area contributed by atoms with E-state index in [1.807, 2.05) is 0 Å². The Morgan fingerprint density at radius 2 is 1.50 bits per heavy atom. The number of rotatable bonds is 13. The molecule has 0 aliphatic carbocycles. The van der Waals surface area contributed by atoms with Crippen molar-refractivity contribution < 1.29 is 4.74 Å². The second kappa shape index (κ2) is 13.9. The number of hydrogen-bond donors (Lipinski definition) is 1. The molecule has 2 heteroatoms. The Morgan fingerprint density at radius 3 is 2.10 bits per heavy atom. The lowest BCUT2D eigenvalue weighted by atomic mass is 10.1. The van der Waals surface area contributed by atoms with E-state index < -0.39 is 0 Å². The van der Waals surface area contributed by atoms with Crippen molar-refractivity contribution in [3.63, 3.8) is 0 Å². The lowest BCUT2D eigenvalue weighted by molar-refractivity contribution is 0.0170. The van der Waals surface area contributed by atoms with Crippen LogP contribution in [0.5, 0.6) is 0 Å². The van der Waals surface area contributed by atoms with Gasteiger partial charge in [0.05, 0.1) is 6.10 Å². The van der Waals surface area contributed by atoms with Crippen LogP contribution in [0, 0.1) is 0 Å². The van der Waals surface area contributed by atoms with Crippen LogP contribution in [0.2, 0.25) is 0 Å². The maximum absolute atomic E-state index is 5.72. The third kappa shape index (κ3) is 10.7. The Bertz CT molecular complexity index is 190. The maximum Gasteiger partial charge on any atom is 0.0699 e. The van der Waals surface area contributed by atoms with Crippen molar-refractivity contribution >= 4 is 0 Å². The Labute approximate surface area is 127 Å². The van der Waals surface area contributed by atoms with Gasteiger partial charge in [0.15, 0.2) is 0 Å². The van der Waals surface area contributed by atoms with E-state index in [0.29, 0.717) is 6.10 Å². The minimum absolute atomic E-state index is 0.492. The van der Waals surface area contributed by atoms with Gasteiger partial charge in [-0.05, 0) is 32.2 Å². The minimum atomic E-state index is 0.492. The molecular formula is C18H37NO. The Balaban J connectivity index is 1.70. The molecule has 1 fully saturated rings. The molecular weight excluding hydrogens is 246 g/mol. The second-order valence-corrected chi connectivity index (χ2v) is 6.37. The van der Waals surface area contributed by atoms with Crippen molar-refractivity contribution in [2.75, 3.05) is 19.7 Å². The summed E-state index contributed by atoms with van der Waals surface area (Å²) in [6, 6.07) is 0. The molecule has 0 amide bonds. The quantitative estimate of drug-likeness (QED) is 0.477. The molecule has 1 rings (SSSR count). The molecule has 0 aromatic rings. The first kappa shape index (κ1) is 18.0. The van der Waals surface area contributed by atoms with E-state index in [-0.39, 0.29) is 0 Å². The molecule has 1 saturated heterocycles. The van der Waals surface area contributed by atoms with E-state index in [1.165, 1.54) is 90.0 Å². The van der Waals surface area contributed by atoms with Crippen LogP contribution in [0.25, 0.3) is 0 Å². The normalized spacial score (nSPS) is 19.4. The highest BCUT2D eigenvalue weighted by Gasteiger charge is 2.12. The summed E-state index contributed by atoms with van der Waals surface area (Å²) >= 11 is 0. The number of unbranched alkanes of at least 4 members (excludes halogenated alkanes) is 9. The van der Waals surface area contributed by atoms with Gasteiger partial charge < -0.3 is 10.1 Å². The highest BCUT2D eigenvalue weighted by molar-refractivity contribution is 4.66. The predicted molar refractivity (Wildman–Crippen MR) is 88.3 cm³/mol. The fourth-order valence-electron chi connectivity index (χ4n) is 2.97. The summed E-state index contributed by atoms with van der Waals surface area (Å²) in [5, 5.41) is 3.56. The highest BCUT2D eigenvalue weighted by Crippen LogP contribution is 2.12. The van der Waals surface area contributed by atoms with E-state index in [9.17, 15) is 0 Å². The van der Waals surface area contributed by atoms with Gasteiger partial charge in [-0.15, -0.1) is 0 Å². The van der Waals surface area contributed by atoms with Gasteiger partial charge in [0.25, 0.3) is 0 Å². The third-order valence-electron chi connectivity index (χ3n) is 4.35. The second-order valence-electron chi connectivity index (χ2n) is 6.37. The van der Waals surface area contributed by atoms with E-state index in [2.05, 4.69) is 12.2 Å². The summed E-state index contributed by atoms with van der Waals surface area (Å²) < 4.78 is 5.72. The smallest absolute Gasteiger partial charge is 0.0699 e. The fraction of sp³-hybridized carbons (Fsp3) is 1.00. The van der Waals surface area contributed by atoms with Gasteiger partial charge in [-0.1, -0.05) is 64.7 Å². The van der Waals surface area contributed by atoms with Crippen LogP contribution in [-0.2, 0) is 4.74 Å². The van der Waals surface area contributed by atoms with Gasteiger partial charge >= 0.3 is 0 Å². The van der Waals surface area contributed by atoms with Gasteiger partial charge in [0, 0.05) is 13.2 Å². The standard InChI is InChI=1S/C18H37NO/c1-2-3-4-5-6-7-8-9-10-12-15-19-17-18-14-11-13-16-20-18/h18-19H,2-17H2,1H3. The Hall–Kier alpha value is -0.0800. The molecule has 0 bridgehead atoms. The zero-order valence-corrected chi connectivity index (χ0v) is 13.8. The molecule has 0 aromatic carbocycles. The largest absolute Gasteiger partial charge is 0.377 e. The molecule has 1 unspecified atom stereocenters. The summed E-state index contributed by atoms with van der Waals surface area (Å²) in [5.41, 5.74) is 0. The molecule has 1 aliphatic rings. The van der Waals surface area contributed by atoms with Gasteiger partial charge in [-0.3, -0.25) is 0 Å². The monoisotopic (exact) mass is 283 g/mol. The lowest BCUT2D eigenvalue weighted by Crippen LogP contribution is -2.32. The first-order valence-electron chi connectivity index (χ1n) is 9.26. The van der Waals surface area contributed by atoms with Crippen molar-refractivity contribution in [1.29, 1.82) is 0 Å². The molecule has 0 saturated carbocycles. The maximum atomic E-state index is 5.72. The van der Waals surface area contributed by atoms with Gasteiger partial charge in [-0.2, -0.15) is 0 Å². The summed E-state index contributed by atoms with van der Waals surface area (Å²) in [6.07, 6.45) is 18.6. The van der Waals surface area contributed by atoms with Crippen LogP contribution in [0.15, 0.2) is 0 Å². The third-order valence-corrected chi connectivity index (χ3v) is 4.35. The lowest BCUT2D eigenvalue weighted by Gasteiger charge is -2.22. The van der Waals surface area contributed by atoms with E-state index in [0.717, 1.165) is 13.2 Å². The van der Waals surface area contributed by atoms with Crippen molar-refractivity contribution in [2.45, 2.75) is 96.5 Å². The summed E-state index contributed by atoms with van der Waals surface area (Å²) in [7, 11) is 0. The van der Waals surface area contributed by atoms with Gasteiger partial charge in [0.1, 0.15) is 0 Å². The molecule has 1 aliphatic heterocycles. The van der Waals surface area contributed by atoms with Gasteiger partial charge in [0.2, 0.25) is 0 Å². The van der Waals surface area contributed by atoms with Crippen molar-refractivity contribution in [2.24, 2.45) is 0 Å². The molecule has 0 aromatic heterocycles. The van der Waals surface area contributed by atoms with Crippen molar-refractivity contribution in [3.8, 4) is 0 Å². The average molecular weight is 284 g/mol. The van der Waals surface area contributed by atoms with Crippen LogP contribution < -0.4 is 5.32 Å². The zero-order valence-electron chi connectivity index (χ0n) is 13.8. The van der Waals surface area contributed by atoms with Crippen molar-refractivity contribution in [1.82, 2.24) is 5.32 Å². The number of ether oxygens (including phenoxy) is 1. The molecule has 120 valence electrons. The molecule has 2 nitrogen and oxygen atoms in total. The highest BCUT2D eigenvalue weighted by atomic mass is 16.5. The Morgan fingerprint density at radius 1 is 0.850 bits per heavy atom. The zero-order chi connectivity index (χ0) is 14.3. The summed E-state index contributed by atoms with van der Waals surface area (Å²) in [4.78, 5) is 0. The van der Waals surface area contributed by atoms with E-state index in [4.69, 9.17) is 4.74 Å². The van der Waals surface area contributed by atoms with E-state index in [1.54, 1.807) is 0 Å². The first-order valence-corrected chi connectivity index (χ1v) is 9.26. The van der Waals surface area contributed by atoms with Crippen LogP contribution in [0.1, 0.15) is 90.4 Å². The molecule has 1 N–H and O–H groups in total. The molecule has 20 heavy (non-hydrogen) atoms. The predicted octanol–water partition coefficient (Wildman–Crippen LogP) is 5.07. The van der Waals surface area contributed by atoms with Crippen LogP contribution in [0.4, 0.5) is 0 Å². The minimum Gasteiger partial charge on any atom is -0.377 e. The fourth-order valence-corrected chi connectivity index (χ4v) is 2.97. The van der Waals surface area contributed by atoms with Crippen LogP contribution in [0.3, 0.4) is 0 Å². The molecule has 0 spiro atoms. The molecule has 0 radical (unpaired) electrons. The van der Waals surface area contributed by atoms with Crippen LogP contribution in [-0.4, -0.2) is 25.8 Å². The van der Waals surface area contributed by atoms with Gasteiger partial charge in [-0.25, -0.2) is 0 Å². The SMILES string of the molecule is CCCCCCCCCCCCNCC1CCCCO1. The molecule has 1 heterocycles. The Kier molecular flexibility index (Phi) is 12.5. The molecule has 1 atom stereocenters. The van der Waals surface area contributed by atoms with E-state index >= 15 is 0 Å².